The quantitative estimate of drug-likeness (QED) is 0.454. The van der Waals surface area contributed by atoms with Gasteiger partial charge < -0.3 is 14.2 Å². The van der Waals surface area contributed by atoms with E-state index in [9.17, 15) is 9.59 Å². The third-order valence-corrected chi connectivity index (χ3v) is 6.29. The van der Waals surface area contributed by atoms with E-state index in [1.807, 2.05) is 31.2 Å². The molecule has 6 nitrogen and oxygen atoms in total. The van der Waals surface area contributed by atoms with Crippen molar-refractivity contribution in [2.24, 2.45) is 5.92 Å². The number of hydrogen-bond acceptors (Lipinski definition) is 5. The molecule has 4 atom stereocenters. The van der Waals surface area contributed by atoms with Crippen molar-refractivity contribution in [2.75, 3.05) is 0 Å². The van der Waals surface area contributed by atoms with Gasteiger partial charge in [-0.15, -0.1) is 0 Å². The van der Waals surface area contributed by atoms with Gasteiger partial charge in [-0.05, 0) is 32.9 Å². The normalized spacial score (nSPS) is 31.4. The van der Waals surface area contributed by atoms with Crippen molar-refractivity contribution >= 4 is 16.9 Å². The Kier molecular flexibility index (Phi) is 3.42. The Morgan fingerprint density at radius 3 is 2.75 bits per heavy atom. The van der Waals surface area contributed by atoms with Gasteiger partial charge in [-0.25, -0.2) is 0 Å². The second-order valence-corrected chi connectivity index (χ2v) is 8.60. The van der Waals surface area contributed by atoms with Crippen molar-refractivity contribution in [3.05, 3.63) is 52.3 Å². The number of hydrogen-bond donors (Lipinski definition) is 0. The minimum atomic E-state index is -0.473. The molecule has 1 saturated heterocycles. The van der Waals surface area contributed by atoms with Gasteiger partial charge in [0, 0.05) is 24.1 Å². The first-order chi connectivity index (χ1) is 13.2. The third-order valence-electron chi connectivity index (χ3n) is 6.29. The summed E-state index contributed by atoms with van der Waals surface area (Å²) in [6.45, 7) is 7.37. The molecule has 1 aromatic carbocycles. The van der Waals surface area contributed by atoms with Gasteiger partial charge in [-0.2, -0.15) is 0 Å². The summed E-state index contributed by atoms with van der Waals surface area (Å²) in [5, 5.41) is 0.840. The van der Waals surface area contributed by atoms with Crippen LogP contribution in [0.3, 0.4) is 0 Å². The Balaban J connectivity index is 1.80. The Morgan fingerprint density at radius 1 is 1.25 bits per heavy atom. The maximum Gasteiger partial charge on any atom is 0.304 e. The van der Waals surface area contributed by atoms with E-state index in [0.717, 1.165) is 5.39 Å². The van der Waals surface area contributed by atoms with Crippen LogP contribution in [0.25, 0.3) is 10.9 Å². The monoisotopic (exact) mass is 381 g/mol. The van der Waals surface area contributed by atoms with E-state index in [1.54, 1.807) is 0 Å². The Labute approximate surface area is 162 Å². The minimum absolute atomic E-state index is 0.0246. The molecule has 3 aliphatic rings. The van der Waals surface area contributed by atoms with Gasteiger partial charge in [0.15, 0.2) is 6.73 Å². The summed E-state index contributed by atoms with van der Waals surface area (Å²) in [5.74, 6) is 0.118. The smallest absolute Gasteiger partial charge is 0.304 e. The second-order valence-electron chi connectivity index (χ2n) is 8.60. The number of carbonyl (C=O) groups is 1. The lowest BCUT2D eigenvalue weighted by molar-refractivity contribution is -0.144. The van der Waals surface area contributed by atoms with E-state index >= 15 is 0 Å². The van der Waals surface area contributed by atoms with E-state index in [1.165, 1.54) is 11.5 Å². The molecule has 0 unspecified atom stereocenters. The Hall–Kier alpha value is -2.60. The fourth-order valence-corrected chi connectivity index (χ4v) is 4.82. The SMILES string of the molecule is CC(=O)OCn1c(=O)c2c(c3ccccc31)OC(C)(C)[C@@H]1C=C[C@]3(C)O[C@@H]3[C@@H]21. The fraction of sp³-hybridized carbons (Fsp3) is 0.455. The molecular weight excluding hydrogens is 358 g/mol. The van der Waals surface area contributed by atoms with Crippen LogP contribution >= 0.6 is 0 Å². The van der Waals surface area contributed by atoms with Crippen LogP contribution in [-0.4, -0.2) is 27.8 Å². The van der Waals surface area contributed by atoms with E-state index in [4.69, 9.17) is 14.2 Å². The number of nitrogens with zero attached hydrogens (tertiary/aromatic N) is 1. The average Bonchev–Trinajstić information content (AvgIpc) is 3.32. The summed E-state index contributed by atoms with van der Waals surface area (Å²) in [5.41, 5.74) is 0.318. The molecule has 1 aromatic heterocycles. The molecule has 0 radical (unpaired) electrons. The molecule has 0 N–H and O–H groups in total. The first-order valence-electron chi connectivity index (χ1n) is 9.58. The molecule has 6 heteroatoms. The highest BCUT2D eigenvalue weighted by atomic mass is 16.6. The number of esters is 1. The first-order valence-corrected chi connectivity index (χ1v) is 9.58. The van der Waals surface area contributed by atoms with Gasteiger partial charge >= 0.3 is 5.97 Å². The molecule has 0 amide bonds. The van der Waals surface area contributed by atoms with Gasteiger partial charge in [0.25, 0.3) is 5.56 Å². The predicted molar refractivity (Wildman–Crippen MR) is 103 cm³/mol. The molecule has 1 fully saturated rings. The first kappa shape index (κ1) is 17.5. The lowest BCUT2D eigenvalue weighted by Gasteiger charge is -2.45. The highest BCUT2D eigenvalue weighted by Gasteiger charge is 2.63. The molecule has 1 aliphatic carbocycles. The van der Waals surface area contributed by atoms with Gasteiger partial charge in [0.05, 0.1) is 17.2 Å². The molecule has 0 spiro atoms. The molecule has 0 bridgehead atoms. The fourth-order valence-electron chi connectivity index (χ4n) is 4.82. The number of fused-ring (bicyclic) bond motifs is 7. The summed E-state index contributed by atoms with van der Waals surface area (Å²) in [4.78, 5) is 25.0. The molecule has 146 valence electrons. The maximum absolute atomic E-state index is 13.6. The number of benzene rings is 1. The van der Waals surface area contributed by atoms with Crippen LogP contribution in [0.4, 0.5) is 0 Å². The predicted octanol–water partition coefficient (Wildman–Crippen LogP) is 3.12. The van der Waals surface area contributed by atoms with Crippen molar-refractivity contribution < 1.29 is 19.0 Å². The van der Waals surface area contributed by atoms with E-state index in [-0.39, 0.29) is 35.8 Å². The summed E-state index contributed by atoms with van der Waals surface area (Å²) >= 11 is 0. The third kappa shape index (κ3) is 2.30. The molecule has 28 heavy (non-hydrogen) atoms. The van der Waals surface area contributed by atoms with Gasteiger partial charge in [0.1, 0.15) is 17.0 Å². The van der Waals surface area contributed by atoms with Gasteiger partial charge in [-0.1, -0.05) is 24.3 Å². The molecule has 3 heterocycles. The van der Waals surface area contributed by atoms with Crippen molar-refractivity contribution in [3.63, 3.8) is 0 Å². The number of para-hydroxylation sites is 1. The lowest BCUT2D eigenvalue weighted by Crippen LogP contribution is -2.49. The summed E-state index contributed by atoms with van der Waals surface area (Å²) in [7, 11) is 0. The van der Waals surface area contributed by atoms with E-state index in [2.05, 4.69) is 26.0 Å². The standard InChI is InChI=1S/C22H23NO5/c1-12(24)26-11-23-15-8-6-5-7-13(15)18-17(20(23)25)16-14(21(2,3)27-18)9-10-22(4)19(16)28-22/h5-10,14,16,19H,11H2,1-4H3/t14-,16-,19-,22+/m1/s1. The van der Waals surface area contributed by atoms with Gasteiger partial charge in [-0.3, -0.25) is 14.2 Å². The summed E-state index contributed by atoms with van der Waals surface area (Å²) < 4.78 is 19.1. The Morgan fingerprint density at radius 2 is 2.00 bits per heavy atom. The minimum Gasteiger partial charge on any atom is -0.486 e. The average molecular weight is 381 g/mol. The number of rotatable bonds is 2. The summed E-state index contributed by atoms with van der Waals surface area (Å²) in [6.07, 6.45) is 4.16. The number of aromatic nitrogens is 1. The van der Waals surface area contributed by atoms with E-state index in [0.29, 0.717) is 16.8 Å². The zero-order chi connectivity index (χ0) is 19.8. The zero-order valence-corrected chi connectivity index (χ0v) is 16.4. The van der Waals surface area contributed by atoms with Crippen LogP contribution < -0.4 is 10.3 Å². The van der Waals surface area contributed by atoms with Crippen molar-refractivity contribution in [1.29, 1.82) is 0 Å². The number of ether oxygens (including phenoxy) is 3. The highest BCUT2D eigenvalue weighted by Crippen LogP contribution is 2.59. The zero-order valence-electron chi connectivity index (χ0n) is 16.4. The van der Waals surface area contributed by atoms with Crippen molar-refractivity contribution in [3.8, 4) is 5.75 Å². The number of carbonyl (C=O) groups excluding carboxylic acids is 1. The molecule has 2 aromatic rings. The van der Waals surface area contributed by atoms with Crippen LogP contribution in [0, 0.1) is 5.92 Å². The van der Waals surface area contributed by atoms with Crippen LogP contribution in [0.1, 0.15) is 39.2 Å². The van der Waals surface area contributed by atoms with Crippen LogP contribution in [-0.2, 0) is 21.0 Å². The largest absolute Gasteiger partial charge is 0.486 e. The topological polar surface area (TPSA) is 70.1 Å². The van der Waals surface area contributed by atoms with Crippen LogP contribution in [0.5, 0.6) is 5.75 Å². The van der Waals surface area contributed by atoms with E-state index < -0.39 is 11.6 Å². The molecular formula is C22H23NO5. The molecule has 5 rings (SSSR count). The molecule has 2 aliphatic heterocycles. The lowest BCUT2D eigenvalue weighted by atomic mass is 9.67. The van der Waals surface area contributed by atoms with Crippen molar-refractivity contribution in [2.45, 2.75) is 57.6 Å². The maximum atomic E-state index is 13.6. The van der Waals surface area contributed by atoms with Crippen molar-refractivity contribution in [1.82, 2.24) is 4.57 Å². The second kappa shape index (κ2) is 5.47. The number of pyridine rings is 1. The van der Waals surface area contributed by atoms with Crippen LogP contribution in [0.15, 0.2) is 41.2 Å². The van der Waals surface area contributed by atoms with Crippen LogP contribution in [0.2, 0.25) is 0 Å². The highest BCUT2D eigenvalue weighted by molar-refractivity contribution is 5.87. The molecule has 0 saturated carbocycles. The Bertz CT molecular complexity index is 1100. The summed E-state index contributed by atoms with van der Waals surface area (Å²) in [6, 6.07) is 7.57. The van der Waals surface area contributed by atoms with Gasteiger partial charge in [0.2, 0.25) is 0 Å². The number of epoxide rings is 1.